The van der Waals surface area contributed by atoms with Crippen LogP contribution in [0, 0.1) is 5.92 Å². The Hall–Kier alpha value is -2.80. The number of alkyl halides is 3. The predicted octanol–water partition coefficient (Wildman–Crippen LogP) is 1.31. The summed E-state index contributed by atoms with van der Waals surface area (Å²) in [4.78, 5) is 39.8. The Morgan fingerprint density at radius 1 is 1.30 bits per heavy atom. The number of ether oxygens (including phenoxy) is 1. The lowest BCUT2D eigenvalue weighted by Crippen LogP contribution is -2.49. The second kappa shape index (κ2) is 10.9. The zero-order chi connectivity index (χ0) is 24.0. The molecule has 1 N–H and O–H groups in total. The van der Waals surface area contributed by atoms with Crippen LogP contribution >= 0.6 is 11.6 Å². The van der Waals surface area contributed by atoms with Crippen LogP contribution < -0.4 is 10.3 Å². The summed E-state index contributed by atoms with van der Waals surface area (Å²) in [7, 11) is 0. The van der Waals surface area contributed by atoms with Crippen LogP contribution in [0.1, 0.15) is 13.3 Å². The summed E-state index contributed by atoms with van der Waals surface area (Å²) in [5.74, 6) is -3.02. The molecule has 1 unspecified atom stereocenters. The molecule has 1 fully saturated rings. The standard InChI is InChI=1S/C19H23ClF3N7O3/c1-12(27-13-8-26-28-18(32)17(13)19(21,22)23)11-33-7-2-16(31)30-5-3-29(4-6-30)15-10-24-14(20)9-25-15/h8-10,12,17H,2-7,11H2,1H3,(H,28,32)/t12-,17?/m0/s1. The summed E-state index contributed by atoms with van der Waals surface area (Å²) in [6.07, 6.45) is -0.697. The predicted molar refractivity (Wildman–Crippen MR) is 114 cm³/mol. The van der Waals surface area contributed by atoms with Crippen molar-refractivity contribution in [1.29, 1.82) is 0 Å². The largest absolute Gasteiger partial charge is 0.406 e. The highest BCUT2D eigenvalue weighted by Crippen LogP contribution is 2.28. The maximum absolute atomic E-state index is 13.1. The fraction of sp³-hybridized carbons (Fsp3) is 0.579. The van der Waals surface area contributed by atoms with Crippen LogP contribution in [-0.4, -0.2) is 90.2 Å². The summed E-state index contributed by atoms with van der Waals surface area (Å²) < 4.78 is 44.8. The highest BCUT2D eigenvalue weighted by molar-refractivity contribution is 6.37. The van der Waals surface area contributed by atoms with Crippen LogP contribution in [-0.2, 0) is 14.3 Å². The van der Waals surface area contributed by atoms with E-state index in [1.807, 2.05) is 4.90 Å². The number of anilines is 1. The molecule has 2 amide bonds. The Bertz CT molecular complexity index is 903. The molecule has 180 valence electrons. The number of carbonyl (C=O) groups excluding carboxylic acids is 2. The fourth-order valence-corrected chi connectivity index (χ4v) is 3.47. The molecule has 33 heavy (non-hydrogen) atoms. The molecule has 1 saturated heterocycles. The van der Waals surface area contributed by atoms with Gasteiger partial charge in [0.1, 0.15) is 11.0 Å². The summed E-state index contributed by atoms with van der Waals surface area (Å²) in [5.41, 5.74) is 1.32. The van der Waals surface area contributed by atoms with Crippen molar-refractivity contribution in [2.24, 2.45) is 16.0 Å². The van der Waals surface area contributed by atoms with Crippen molar-refractivity contribution in [2.75, 3.05) is 44.3 Å². The molecule has 0 bridgehead atoms. The second-order valence-electron chi connectivity index (χ2n) is 7.50. The van der Waals surface area contributed by atoms with Crippen molar-refractivity contribution in [3.8, 4) is 0 Å². The van der Waals surface area contributed by atoms with Crippen LogP contribution in [0.15, 0.2) is 22.5 Å². The van der Waals surface area contributed by atoms with Gasteiger partial charge in [-0.25, -0.2) is 15.4 Å². The minimum Gasteiger partial charge on any atom is -0.379 e. The molecule has 1 aromatic rings. The third-order valence-electron chi connectivity index (χ3n) is 5.01. The van der Waals surface area contributed by atoms with E-state index in [2.05, 4.69) is 20.1 Å². The molecule has 3 rings (SSSR count). The lowest BCUT2D eigenvalue weighted by Gasteiger charge is -2.35. The van der Waals surface area contributed by atoms with Gasteiger partial charge in [-0.1, -0.05) is 11.6 Å². The van der Waals surface area contributed by atoms with Gasteiger partial charge in [-0.05, 0) is 6.92 Å². The van der Waals surface area contributed by atoms with Gasteiger partial charge in [-0.2, -0.15) is 18.3 Å². The Labute approximate surface area is 192 Å². The first kappa shape index (κ1) is 24.8. The minimum absolute atomic E-state index is 0.000168. The summed E-state index contributed by atoms with van der Waals surface area (Å²) in [6.45, 7) is 3.91. The Morgan fingerprint density at radius 3 is 2.67 bits per heavy atom. The van der Waals surface area contributed by atoms with Gasteiger partial charge >= 0.3 is 6.18 Å². The Kier molecular flexibility index (Phi) is 8.19. The third-order valence-corrected chi connectivity index (χ3v) is 5.20. The van der Waals surface area contributed by atoms with Crippen molar-refractivity contribution in [3.05, 3.63) is 17.5 Å². The highest BCUT2D eigenvalue weighted by atomic mass is 35.5. The fourth-order valence-electron chi connectivity index (χ4n) is 3.38. The number of nitrogens with zero attached hydrogens (tertiary/aromatic N) is 6. The molecule has 0 spiro atoms. The van der Waals surface area contributed by atoms with Gasteiger partial charge in [0.2, 0.25) is 5.91 Å². The maximum atomic E-state index is 13.1. The molecule has 2 aliphatic rings. The van der Waals surface area contributed by atoms with E-state index in [-0.39, 0.29) is 25.5 Å². The zero-order valence-electron chi connectivity index (χ0n) is 17.8. The molecule has 2 aliphatic heterocycles. The zero-order valence-corrected chi connectivity index (χ0v) is 18.5. The number of nitrogens with one attached hydrogen (secondary N) is 1. The molecule has 1 aromatic heterocycles. The first-order valence-corrected chi connectivity index (χ1v) is 10.6. The number of rotatable bonds is 7. The van der Waals surface area contributed by atoms with Crippen molar-refractivity contribution in [1.82, 2.24) is 20.3 Å². The Morgan fingerprint density at radius 2 is 2.03 bits per heavy atom. The smallest absolute Gasteiger partial charge is 0.379 e. The number of carbonyl (C=O) groups is 2. The summed E-state index contributed by atoms with van der Waals surface area (Å²) in [5, 5.41) is 3.70. The van der Waals surface area contributed by atoms with E-state index in [0.29, 0.717) is 37.1 Å². The molecule has 0 radical (unpaired) electrons. The number of aromatic nitrogens is 2. The van der Waals surface area contributed by atoms with E-state index in [4.69, 9.17) is 16.3 Å². The molecule has 0 aromatic carbocycles. The van der Waals surface area contributed by atoms with Crippen LogP contribution in [0.4, 0.5) is 19.0 Å². The number of hydrogen-bond acceptors (Lipinski definition) is 8. The number of piperazine rings is 1. The molecular formula is C19H23ClF3N7O3. The van der Waals surface area contributed by atoms with Gasteiger partial charge in [0, 0.05) is 26.2 Å². The number of halogens is 4. The van der Waals surface area contributed by atoms with E-state index in [0.717, 1.165) is 6.21 Å². The highest BCUT2D eigenvalue weighted by Gasteiger charge is 2.49. The molecule has 14 heteroatoms. The van der Waals surface area contributed by atoms with Gasteiger partial charge in [-0.15, -0.1) is 0 Å². The molecule has 10 nitrogen and oxygen atoms in total. The van der Waals surface area contributed by atoms with Crippen LogP contribution in [0.25, 0.3) is 0 Å². The van der Waals surface area contributed by atoms with Crippen molar-refractivity contribution in [3.63, 3.8) is 0 Å². The lowest BCUT2D eigenvalue weighted by atomic mass is 10.0. The third kappa shape index (κ3) is 6.84. The lowest BCUT2D eigenvalue weighted by molar-refractivity contribution is -0.168. The molecule has 0 aliphatic carbocycles. The number of hydrogen-bond donors (Lipinski definition) is 1. The van der Waals surface area contributed by atoms with Gasteiger partial charge in [0.05, 0.1) is 50.0 Å². The normalized spacial score (nSPS) is 21.3. The average molecular weight is 490 g/mol. The quantitative estimate of drug-likeness (QED) is 0.578. The Balaban J connectivity index is 1.40. The van der Waals surface area contributed by atoms with Crippen LogP contribution in [0.5, 0.6) is 0 Å². The number of amides is 2. The van der Waals surface area contributed by atoms with Gasteiger partial charge < -0.3 is 14.5 Å². The molecule has 2 atom stereocenters. The van der Waals surface area contributed by atoms with E-state index in [1.165, 1.54) is 6.20 Å². The minimum atomic E-state index is -4.77. The van der Waals surface area contributed by atoms with Crippen LogP contribution in [0.3, 0.4) is 0 Å². The first-order chi connectivity index (χ1) is 15.6. The molecule has 3 heterocycles. The van der Waals surface area contributed by atoms with Gasteiger partial charge in [0.15, 0.2) is 5.92 Å². The second-order valence-corrected chi connectivity index (χ2v) is 7.89. The molecule has 0 saturated carbocycles. The molecular weight excluding hydrogens is 467 g/mol. The average Bonchev–Trinajstić information content (AvgIpc) is 2.76. The van der Waals surface area contributed by atoms with Crippen molar-refractivity contribution in [2.45, 2.75) is 25.6 Å². The van der Waals surface area contributed by atoms with Gasteiger partial charge in [0.25, 0.3) is 5.91 Å². The topological polar surface area (TPSA) is 112 Å². The van der Waals surface area contributed by atoms with E-state index < -0.39 is 29.8 Å². The van der Waals surface area contributed by atoms with Gasteiger partial charge in [-0.3, -0.25) is 14.6 Å². The van der Waals surface area contributed by atoms with E-state index in [9.17, 15) is 22.8 Å². The van der Waals surface area contributed by atoms with Crippen LogP contribution in [0.2, 0.25) is 5.15 Å². The summed E-state index contributed by atoms with van der Waals surface area (Å²) in [6, 6.07) is -0.652. The van der Waals surface area contributed by atoms with E-state index >= 15 is 0 Å². The number of hydrazone groups is 1. The van der Waals surface area contributed by atoms with E-state index in [1.54, 1.807) is 23.4 Å². The maximum Gasteiger partial charge on any atom is 0.406 e. The first-order valence-electron chi connectivity index (χ1n) is 10.2. The summed E-state index contributed by atoms with van der Waals surface area (Å²) >= 11 is 5.74. The SMILES string of the molecule is C[C@@H](COCCC(=O)N1CCN(c2cnc(Cl)cn2)CC1)N=C1C=NNC(=O)C1C(F)(F)F. The monoisotopic (exact) mass is 489 g/mol. The number of aliphatic imine (C=N–C) groups is 1. The van der Waals surface area contributed by atoms with Crippen molar-refractivity contribution < 1.29 is 27.5 Å². The van der Waals surface area contributed by atoms with Crippen molar-refractivity contribution >= 4 is 41.2 Å².